The number of hydrogen-bond acceptors (Lipinski definition) is 3. The number of rotatable bonds is 5. The van der Waals surface area contributed by atoms with Crippen LogP contribution in [0, 0.1) is 5.92 Å². The van der Waals surface area contributed by atoms with Gasteiger partial charge in [-0.3, -0.25) is 9.79 Å². The van der Waals surface area contributed by atoms with Gasteiger partial charge < -0.3 is 15.5 Å². The molecule has 1 aliphatic carbocycles. The number of carbonyl (C=O) groups excluding carboxylic acids is 1. The SMILES string of the molecule is CN=C(NCCc1cccs1)NC1CCN(C(=O)C2CCCCC2)C1. The number of thiophene rings is 1. The Balaban J connectivity index is 1.40. The van der Waals surface area contributed by atoms with Gasteiger partial charge in [-0.25, -0.2) is 0 Å². The standard InChI is InChI=1S/C19H30N4OS/c1-20-19(21-11-9-17-8-5-13-25-17)22-16-10-12-23(14-16)18(24)15-6-3-2-4-7-15/h5,8,13,15-16H,2-4,6-7,9-12,14H2,1H3,(H2,20,21,22). The van der Waals surface area contributed by atoms with Crippen molar-refractivity contribution in [2.45, 2.75) is 51.0 Å². The van der Waals surface area contributed by atoms with Crippen molar-refractivity contribution in [2.75, 3.05) is 26.7 Å². The summed E-state index contributed by atoms with van der Waals surface area (Å²) in [5.41, 5.74) is 0. The molecule has 6 heteroatoms. The van der Waals surface area contributed by atoms with Crippen LogP contribution in [0.4, 0.5) is 0 Å². The fraction of sp³-hybridized carbons (Fsp3) is 0.684. The summed E-state index contributed by atoms with van der Waals surface area (Å²) in [5.74, 6) is 1.49. The third-order valence-electron chi connectivity index (χ3n) is 5.26. The van der Waals surface area contributed by atoms with Gasteiger partial charge >= 0.3 is 0 Å². The zero-order chi connectivity index (χ0) is 17.5. The number of nitrogens with one attached hydrogen (secondary N) is 2. The molecule has 2 aliphatic rings. The van der Waals surface area contributed by atoms with Crippen LogP contribution in [-0.4, -0.2) is 49.5 Å². The van der Waals surface area contributed by atoms with Crippen LogP contribution in [0.3, 0.4) is 0 Å². The van der Waals surface area contributed by atoms with E-state index < -0.39 is 0 Å². The summed E-state index contributed by atoms with van der Waals surface area (Å²) >= 11 is 1.79. The maximum atomic E-state index is 12.7. The van der Waals surface area contributed by atoms with Crippen molar-refractivity contribution < 1.29 is 4.79 Å². The topological polar surface area (TPSA) is 56.7 Å². The molecule has 3 rings (SSSR count). The van der Waals surface area contributed by atoms with Crippen LogP contribution in [0.5, 0.6) is 0 Å². The maximum absolute atomic E-state index is 12.7. The lowest BCUT2D eigenvalue weighted by Gasteiger charge is -2.26. The predicted octanol–water partition coefficient (Wildman–Crippen LogP) is 2.64. The molecule has 5 nitrogen and oxygen atoms in total. The van der Waals surface area contributed by atoms with Crippen molar-refractivity contribution in [1.29, 1.82) is 0 Å². The Morgan fingerprint density at radius 2 is 2.16 bits per heavy atom. The molecule has 2 fully saturated rings. The van der Waals surface area contributed by atoms with Crippen molar-refractivity contribution in [3.63, 3.8) is 0 Å². The number of nitrogens with zero attached hydrogens (tertiary/aromatic N) is 2. The van der Waals surface area contributed by atoms with Gasteiger partial charge in [-0.15, -0.1) is 11.3 Å². The molecule has 138 valence electrons. The van der Waals surface area contributed by atoms with Crippen LogP contribution in [0.25, 0.3) is 0 Å². The van der Waals surface area contributed by atoms with Crippen molar-refractivity contribution in [1.82, 2.24) is 15.5 Å². The summed E-state index contributed by atoms with van der Waals surface area (Å²) in [6.45, 7) is 2.55. The Hall–Kier alpha value is -1.56. The smallest absolute Gasteiger partial charge is 0.225 e. The minimum atomic E-state index is 0.274. The molecule has 1 aromatic heterocycles. The van der Waals surface area contributed by atoms with Crippen molar-refractivity contribution in [3.05, 3.63) is 22.4 Å². The lowest BCUT2D eigenvalue weighted by molar-refractivity contribution is -0.135. The van der Waals surface area contributed by atoms with Crippen LogP contribution >= 0.6 is 11.3 Å². The molecular weight excluding hydrogens is 332 g/mol. The molecule has 0 bridgehead atoms. The average Bonchev–Trinajstić information content (AvgIpc) is 3.33. The van der Waals surface area contributed by atoms with Gasteiger partial charge in [-0.1, -0.05) is 25.3 Å². The van der Waals surface area contributed by atoms with Gasteiger partial charge in [0.25, 0.3) is 0 Å². The number of hydrogen-bond donors (Lipinski definition) is 2. The van der Waals surface area contributed by atoms with E-state index in [1.165, 1.54) is 24.1 Å². The second-order valence-electron chi connectivity index (χ2n) is 7.08. The minimum absolute atomic E-state index is 0.274. The molecule has 1 aromatic rings. The lowest BCUT2D eigenvalue weighted by Crippen LogP contribution is -2.46. The van der Waals surface area contributed by atoms with Crippen molar-refractivity contribution >= 4 is 23.2 Å². The highest BCUT2D eigenvalue weighted by Gasteiger charge is 2.31. The van der Waals surface area contributed by atoms with Crippen LogP contribution in [0.2, 0.25) is 0 Å². The number of likely N-dealkylation sites (tertiary alicyclic amines) is 1. The maximum Gasteiger partial charge on any atom is 0.225 e. The molecule has 2 N–H and O–H groups in total. The first kappa shape index (κ1) is 18.2. The van der Waals surface area contributed by atoms with Gasteiger partial charge in [0.1, 0.15) is 0 Å². The second-order valence-corrected chi connectivity index (χ2v) is 8.11. The molecule has 1 saturated heterocycles. The number of carbonyl (C=O) groups is 1. The van der Waals surface area contributed by atoms with Gasteiger partial charge in [-0.05, 0) is 37.1 Å². The molecule has 1 unspecified atom stereocenters. The van der Waals surface area contributed by atoms with Crippen molar-refractivity contribution in [2.24, 2.45) is 10.9 Å². The van der Waals surface area contributed by atoms with Gasteiger partial charge in [0.15, 0.2) is 5.96 Å². The molecule has 0 aromatic carbocycles. The summed E-state index contributed by atoms with van der Waals surface area (Å²) in [6, 6.07) is 4.55. The molecule has 25 heavy (non-hydrogen) atoms. The third-order valence-corrected chi connectivity index (χ3v) is 6.20. The first-order valence-electron chi connectivity index (χ1n) is 9.54. The van der Waals surface area contributed by atoms with E-state index in [-0.39, 0.29) is 5.92 Å². The van der Waals surface area contributed by atoms with E-state index in [0.717, 1.165) is 51.3 Å². The molecule has 1 saturated carbocycles. The van der Waals surface area contributed by atoms with E-state index in [1.807, 2.05) is 0 Å². The molecule has 0 spiro atoms. The highest BCUT2D eigenvalue weighted by molar-refractivity contribution is 7.09. The quantitative estimate of drug-likeness (QED) is 0.625. The van der Waals surface area contributed by atoms with E-state index in [2.05, 4.69) is 38.0 Å². The fourth-order valence-electron chi connectivity index (χ4n) is 3.83. The van der Waals surface area contributed by atoms with Crippen LogP contribution in [-0.2, 0) is 11.2 Å². The molecule has 1 atom stereocenters. The normalized spacial score (nSPS) is 22.2. The largest absolute Gasteiger partial charge is 0.356 e. The van der Waals surface area contributed by atoms with E-state index in [9.17, 15) is 4.79 Å². The number of guanidine groups is 1. The molecule has 1 amide bonds. The van der Waals surface area contributed by atoms with E-state index in [1.54, 1.807) is 18.4 Å². The predicted molar refractivity (Wildman–Crippen MR) is 104 cm³/mol. The fourth-order valence-corrected chi connectivity index (χ4v) is 4.54. The van der Waals surface area contributed by atoms with Gasteiger partial charge in [0.05, 0.1) is 0 Å². The van der Waals surface area contributed by atoms with Gasteiger partial charge in [-0.2, -0.15) is 0 Å². The first-order valence-corrected chi connectivity index (χ1v) is 10.4. The number of aliphatic imine (C=N–C) groups is 1. The zero-order valence-corrected chi connectivity index (χ0v) is 16.0. The highest BCUT2D eigenvalue weighted by atomic mass is 32.1. The van der Waals surface area contributed by atoms with Gasteiger partial charge in [0, 0.05) is 43.5 Å². The third kappa shape index (κ3) is 5.21. The summed E-state index contributed by atoms with van der Waals surface area (Å²) < 4.78 is 0. The summed E-state index contributed by atoms with van der Waals surface area (Å²) in [7, 11) is 1.81. The second kappa shape index (κ2) is 9.22. The molecule has 0 radical (unpaired) electrons. The lowest BCUT2D eigenvalue weighted by atomic mass is 9.88. The van der Waals surface area contributed by atoms with Crippen LogP contribution < -0.4 is 10.6 Å². The van der Waals surface area contributed by atoms with Crippen molar-refractivity contribution in [3.8, 4) is 0 Å². The Kier molecular flexibility index (Phi) is 6.73. The summed E-state index contributed by atoms with van der Waals surface area (Å²) in [5, 5.41) is 8.98. The Bertz CT molecular complexity index is 566. The van der Waals surface area contributed by atoms with E-state index in [0.29, 0.717) is 11.9 Å². The monoisotopic (exact) mass is 362 g/mol. The average molecular weight is 363 g/mol. The van der Waals surface area contributed by atoms with E-state index >= 15 is 0 Å². The number of amides is 1. The first-order chi connectivity index (χ1) is 12.3. The van der Waals surface area contributed by atoms with E-state index in [4.69, 9.17) is 0 Å². The van der Waals surface area contributed by atoms with Crippen LogP contribution in [0.15, 0.2) is 22.5 Å². The molecule has 2 heterocycles. The summed E-state index contributed by atoms with van der Waals surface area (Å²) in [6.07, 6.45) is 7.90. The highest BCUT2D eigenvalue weighted by Crippen LogP contribution is 2.26. The summed E-state index contributed by atoms with van der Waals surface area (Å²) in [4.78, 5) is 20.4. The molecular formula is C19H30N4OS. The van der Waals surface area contributed by atoms with Crippen LogP contribution in [0.1, 0.15) is 43.4 Å². The minimum Gasteiger partial charge on any atom is -0.356 e. The zero-order valence-electron chi connectivity index (χ0n) is 15.2. The Morgan fingerprint density at radius 3 is 2.88 bits per heavy atom. The van der Waals surface area contributed by atoms with Gasteiger partial charge in [0.2, 0.25) is 5.91 Å². The Morgan fingerprint density at radius 1 is 1.32 bits per heavy atom. The Labute approximate surface area is 154 Å². The molecule has 1 aliphatic heterocycles.